The van der Waals surface area contributed by atoms with Gasteiger partial charge in [-0.3, -0.25) is 4.90 Å². The van der Waals surface area contributed by atoms with E-state index in [9.17, 15) is 8.78 Å². The molecule has 0 unspecified atom stereocenters. The molecule has 2 aliphatic heterocycles. The fourth-order valence-corrected chi connectivity index (χ4v) is 5.62. The normalized spacial score (nSPS) is 17.3. The number of likely N-dealkylation sites (N-methyl/N-ethyl adjacent to an activating group) is 1. The van der Waals surface area contributed by atoms with Crippen LogP contribution in [0.25, 0.3) is 0 Å². The first-order valence-electron chi connectivity index (χ1n) is 13.9. The third kappa shape index (κ3) is 6.33. The molecule has 40 heavy (non-hydrogen) atoms. The quantitative estimate of drug-likeness (QED) is 0.423. The van der Waals surface area contributed by atoms with Crippen molar-refractivity contribution in [2.75, 3.05) is 63.6 Å². The summed E-state index contributed by atoms with van der Waals surface area (Å²) < 4.78 is 49.2. The highest BCUT2D eigenvalue weighted by atomic mass is 19.1. The lowest BCUT2D eigenvalue weighted by Crippen LogP contribution is -2.52. The van der Waals surface area contributed by atoms with E-state index in [2.05, 4.69) is 37.0 Å². The highest BCUT2D eigenvalue weighted by Gasteiger charge is 2.27. The van der Waals surface area contributed by atoms with E-state index in [1.807, 2.05) is 6.07 Å². The lowest BCUT2D eigenvalue weighted by Gasteiger charge is -2.42. The molecular weight excluding hydrogens is 517 g/mol. The molecule has 7 nitrogen and oxygen atoms in total. The molecule has 3 aromatic rings. The summed E-state index contributed by atoms with van der Waals surface area (Å²) in [4.78, 5) is 15.7. The largest absolute Gasteiger partial charge is 0.494 e. The Kier molecular flexibility index (Phi) is 8.75. The second kappa shape index (κ2) is 12.4. The summed E-state index contributed by atoms with van der Waals surface area (Å²) in [6.45, 7) is 7.70. The van der Waals surface area contributed by atoms with Crippen LogP contribution in [0.2, 0.25) is 0 Å². The summed E-state index contributed by atoms with van der Waals surface area (Å²) in [6.07, 6.45) is 5.79. The van der Waals surface area contributed by atoms with Crippen molar-refractivity contribution in [1.29, 1.82) is 0 Å². The number of piperazine rings is 1. The number of hydrogen-bond acceptors (Lipinski definition) is 7. The second-order valence-electron chi connectivity index (χ2n) is 10.8. The van der Waals surface area contributed by atoms with Gasteiger partial charge >= 0.3 is 0 Å². The van der Waals surface area contributed by atoms with E-state index >= 15 is 4.39 Å². The lowest BCUT2D eigenvalue weighted by atomic mass is 10.0. The molecule has 0 radical (unpaired) electrons. The molecular formula is C30H37F3N6O. The molecule has 1 N–H and O–H groups in total. The molecule has 5 rings (SSSR count). The number of halogens is 3. The minimum Gasteiger partial charge on any atom is -0.494 e. The van der Waals surface area contributed by atoms with Crippen LogP contribution >= 0.6 is 0 Å². The Morgan fingerprint density at radius 3 is 2.27 bits per heavy atom. The topological polar surface area (TPSA) is 56.8 Å². The van der Waals surface area contributed by atoms with Gasteiger partial charge in [0.1, 0.15) is 11.6 Å². The molecule has 0 aliphatic carbocycles. The zero-order chi connectivity index (χ0) is 28.2. The van der Waals surface area contributed by atoms with E-state index in [1.54, 1.807) is 25.4 Å². The summed E-state index contributed by atoms with van der Waals surface area (Å²) in [5, 5.41) is 3.04. The van der Waals surface area contributed by atoms with Gasteiger partial charge in [0.2, 0.25) is 5.95 Å². The van der Waals surface area contributed by atoms with Gasteiger partial charge in [-0.05, 0) is 75.0 Å². The Labute approximate surface area is 234 Å². The molecule has 2 fully saturated rings. The molecule has 2 aromatic carbocycles. The molecule has 3 heterocycles. The number of aromatic nitrogens is 2. The highest BCUT2D eigenvalue weighted by Crippen LogP contribution is 2.29. The molecule has 2 aliphatic rings. The monoisotopic (exact) mass is 554 g/mol. The van der Waals surface area contributed by atoms with Gasteiger partial charge in [-0.25, -0.2) is 23.1 Å². The maximum absolute atomic E-state index is 15.1. The van der Waals surface area contributed by atoms with Gasteiger partial charge < -0.3 is 19.9 Å². The summed E-state index contributed by atoms with van der Waals surface area (Å²) in [7, 11) is 3.53. The van der Waals surface area contributed by atoms with Crippen LogP contribution in [0.15, 0.2) is 36.7 Å². The van der Waals surface area contributed by atoms with Crippen LogP contribution in [0.3, 0.4) is 0 Å². The van der Waals surface area contributed by atoms with Gasteiger partial charge in [-0.15, -0.1) is 0 Å². The number of anilines is 3. The fourth-order valence-electron chi connectivity index (χ4n) is 5.62. The molecule has 214 valence electrons. The Morgan fingerprint density at radius 1 is 0.925 bits per heavy atom. The summed E-state index contributed by atoms with van der Waals surface area (Å²) in [6, 6.07) is 7.03. The predicted octanol–water partition coefficient (Wildman–Crippen LogP) is 4.96. The predicted molar refractivity (Wildman–Crippen MR) is 151 cm³/mol. The van der Waals surface area contributed by atoms with Crippen molar-refractivity contribution < 1.29 is 17.9 Å². The van der Waals surface area contributed by atoms with Gasteiger partial charge in [-0.1, -0.05) is 0 Å². The van der Waals surface area contributed by atoms with Gasteiger partial charge in [0, 0.05) is 69.0 Å². The zero-order valence-corrected chi connectivity index (χ0v) is 23.4. The molecule has 0 saturated carbocycles. The van der Waals surface area contributed by atoms with Gasteiger partial charge in [-0.2, -0.15) is 0 Å². The Morgan fingerprint density at radius 2 is 1.62 bits per heavy atom. The van der Waals surface area contributed by atoms with E-state index in [0.717, 1.165) is 57.7 Å². The Hall–Kier alpha value is -3.37. The smallest absolute Gasteiger partial charge is 0.227 e. The third-order valence-corrected chi connectivity index (χ3v) is 8.09. The van der Waals surface area contributed by atoms with Crippen LogP contribution in [0, 0.1) is 24.4 Å². The van der Waals surface area contributed by atoms with E-state index < -0.39 is 11.6 Å². The first-order valence-corrected chi connectivity index (χ1v) is 13.9. The summed E-state index contributed by atoms with van der Waals surface area (Å²) in [5.74, 6) is -1.19. The number of methoxy groups -OCH3 is 1. The summed E-state index contributed by atoms with van der Waals surface area (Å²) >= 11 is 0. The standard InChI is InChI=1S/C30H37F3N6O/c1-20-16-27(40-3)29(33)24(28(20)32)6-4-21-18-34-30(35-19-21)36-22-5-7-26(25(31)17-22)39-10-8-23(9-11-39)38-14-12-37(2)13-15-38/h5,7,16-19,23H,4,6,8-15H2,1-3H3,(H,34,35,36). The lowest BCUT2D eigenvalue weighted by molar-refractivity contribution is 0.0981. The van der Waals surface area contributed by atoms with Crippen LogP contribution in [-0.2, 0) is 12.8 Å². The zero-order valence-electron chi connectivity index (χ0n) is 23.4. The number of rotatable bonds is 8. The van der Waals surface area contributed by atoms with Gasteiger partial charge in [0.15, 0.2) is 11.6 Å². The van der Waals surface area contributed by atoms with E-state index in [4.69, 9.17) is 4.74 Å². The number of benzene rings is 2. The van der Waals surface area contributed by atoms with Crippen molar-refractivity contribution in [3.63, 3.8) is 0 Å². The molecule has 0 atom stereocenters. The molecule has 0 spiro atoms. The van der Waals surface area contributed by atoms with Crippen LogP contribution in [0.4, 0.5) is 30.5 Å². The molecule has 10 heteroatoms. The van der Waals surface area contributed by atoms with Crippen LogP contribution in [0.5, 0.6) is 5.75 Å². The van der Waals surface area contributed by atoms with Crippen molar-refractivity contribution in [2.24, 2.45) is 0 Å². The Bertz CT molecular complexity index is 1310. The number of piperidine rings is 1. The first kappa shape index (κ1) is 28.2. The SMILES string of the molecule is COc1cc(C)c(F)c(CCc2cnc(Nc3ccc(N4CCC(N5CCN(C)CC5)CC4)c(F)c3)nc2)c1F. The number of aryl methyl sites for hydroxylation is 2. The van der Waals surface area contributed by atoms with Gasteiger partial charge in [0.25, 0.3) is 0 Å². The minimum atomic E-state index is -0.685. The van der Waals surface area contributed by atoms with Crippen molar-refractivity contribution in [3.8, 4) is 5.75 Å². The summed E-state index contributed by atoms with van der Waals surface area (Å²) in [5.41, 5.74) is 2.21. The van der Waals surface area contributed by atoms with E-state index in [0.29, 0.717) is 35.3 Å². The van der Waals surface area contributed by atoms with Crippen LogP contribution in [0.1, 0.15) is 29.5 Å². The average molecular weight is 555 g/mol. The molecule has 1 aromatic heterocycles. The molecule has 0 amide bonds. The average Bonchev–Trinajstić information content (AvgIpc) is 2.96. The number of hydrogen-bond donors (Lipinski definition) is 1. The highest BCUT2D eigenvalue weighted by molar-refractivity contribution is 5.60. The molecule has 2 saturated heterocycles. The van der Waals surface area contributed by atoms with E-state index in [1.165, 1.54) is 19.2 Å². The maximum Gasteiger partial charge on any atom is 0.227 e. The number of nitrogens with zero attached hydrogens (tertiary/aromatic N) is 5. The van der Waals surface area contributed by atoms with Crippen molar-refractivity contribution in [3.05, 3.63) is 70.8 Å². The first-order chi connectivity index (χ1) is 19.3. The van der Waals surface area contributed by atoms with Crippen molar-refractivity contribution in [2.45, 2.75) is 38.6 Å². The minimum absolute atomic E-state index is 0.0156. The van der Waals surface area contributed by atoms with Crippen LogP contribution < -0.4 is 15.0 Å². The van der Waals surface area contributed by atoms with Crippen molar-refractivity contribution in [1.82, 2.24) is 19.8 Å². The van der Waals surface area contributed by atoms with Gasteiger partial charge in [0.05, 0.1) is 12.8 Å². The number of nitrogens with one attached hydrogen (secondary N) is 1. The van der Waals surface area contributed by atoms with Crippen molar-refractivity contribution >= 4 is 17.3 Å². The van der Waals surface area contributed by atoms with Crippen LogP contribution in [-0.4, -0.2) is 79.2 Å². The Balaban J connectivity index is 1.15. The fraction of sp³-hybridized carbons (Fsp3) is 0.467. The second-order valence-corrected chi connectivity index (χ2v) is 10.8. The third-order valence-electron chi connectivity index (χ3n) is 8.09. The number of ether oxygens (including phenoxy) is 1. The molecule has 0 bridgehead atoms. The maximum atomic E-state index is 15.1. The van der Waals surface area contributed by atoms with E-state index in [-0.39, 0.29) is 23.6 Å².